The maximum atomic E-state index is 13.7. The first-order chi connectivity index (χ1) is 31.0. The summed E-state index contributed by atoms with van der Waals surface area (Å²) < 4.78 is 28.1. The summed E-state index contributed by atoms with van der Waals surface area (Å²) in [6, 6.07) is 19.1. The molecule has 4 amide bonds. The molecule has 1 aliphatic rings. The number of benzene rings is 3. The third-order valence-electron chi connectivity index (χ3n) is 10.2. The van der Waals surface area contributed by atoms with Gasteiger partial charge in [0.15, 0.2) is 17.3 Å². The number of hydrogen-bond acceptors (Lipinski definition) is 13. The van der Waals surface area contributed by atoms with E-state index in [4.69, 9.17) is 28.2 Å². The van der Waals surface area contributed by atoms with Gasteiger partial charge >= 0.3 is 11.9 Å². The van der Waals surface area contributed by atoms with Crippen LogP contribution in [-0.4, -0.2) is 85.5 Å². The summed E-state index contributed by atoms with van der Waals surface area (Å²) >= 11 is 0. The SMILES string of the molecule is CCCCC[C@@H](C(=O)NCNC(=O)c1ccc(-c2ccc(C(=O)N[C@@H](CC(C)=O)C(=O)OCc3ccccc3)c(OCC)c2)o1)[C@@H](CC)N(C=O)OC(=O)c1ccc2c(c1)OCCO2. The van der Waals surface area contributed by atoms with Gasteiger partial charge in [0.05, 0.1) is 36.4 Å². The third-order valence-corrected chi connectivity index (χ3v) is 10.2. The number of nitrogens with zero attached hydrogens (tertiary/aromatic N) is 1. The summed E-state index contributed by atoms with van der Waals surface area (Å²) in [6.45, 7) is 7.40. The second-order valence-corrected chi connectivity index (χ2v) is 14.8. The highest BCUT2D eigenvalue weighted by Crippen LogP contribution is 2.32. The molecule has 1 aromatic heterocycles. The molecule has 3 atom stereocenters. The minimum atomic E-state index is -1.24. The fourth-order valence-electron chi connectivity index (χ4n) is 6.97. The molecule has 0 spiro atoms. The van der Waals surface area contributed by atoms with E-state index in [-0.39, 0.29) is 66.9 Å². The normalized spacial score (nSPS) is 13.0. The van der Waals surface area contributed by atoms with Gasteiger partial charge in [0.25, 0.3) is 11.8 Å². The van der Waals surface area contributed by atoms with E-state index in [1.165, 1.54) is 31.2 Å². The Labute approximate surface area is 371 Å². The Morgan fingerprint density at radius 1 is 0.844 bits per heavy atom. The Bertz CT molecular complexity index is 2260. The van der Waals surface area contributed by atoms with Crippen LogP contribution in [0.4, 0.5) is 0 Å². The lowest BCUT2D eigenvalue weighted by atomic mass is 9.90. The maximum absolute atomic E-state index is 13.7. The molecule has 2 heterocycles. The number of nitrogens with one attached hydrogen (secondary N) is 3. The molecule has 1 aliphatic heterocycles. The second kappa shape index (κ2) is 23.9. The Morgan fingerprint density at radius 2 is 1.61 bits per heavy atom. The number of furan rings is 1. The monoisotopic (exact) mass is 882 g/mol. The highest BCUT2D eigenvalue weighted by molar-refractivity contribution is 6.00. The number of hydroxylamine groups is 2. The first kappa shape index (κ1) is 47.9. The van der Waals surface area contributed by atoms with E-state index in [0.29, 0.717) is 49.5 Å². The van der Waals surface area contributed by atoms with E-state index in [9.17, 15) is 33.6 Å². The van der Waals surface area contributed by atoms with Crippen LogP contribution in [0.3, 0.4) is 0 Å². The van der Waals surface area contributed by atoms with Crippen LogP contribution < -0.4 is 30.2 Å². The van der Waals surface area contributed by atoms with E-state index in [1.807, 2.05) is 13.0 Å². The zero-order valence-corrected chi connectivity index (χ0v) is 36.3. The molecule has 0 aliphatic carbocycles. The predicted octanol–water partition coefficient (Wildman–Crippen LogP) is 5.95. The summed E-state index contributed by atoms with van der Waals surface area (Å²) in [5.41, 5.74) is 1.42. The van der Waals surface area contributed by atoms with Gasteiger partial charge in [-0.2, -0.15) is 5.06 Å². The number of rotatable bonds is 24. The summed E-state index contributed by atoms with van der Waals surface area (Å²) in [5.74, 6) is -3.26. The number of Topliss-reactive ketones (excluding diaryl/α,β-unsaturated/α-hetero) is 1. The van der Waals surface area contributed by atoms with Crippen LogP contribution in [0.5, 0.6) is 17.2 Å². The van der Waals surface area contributed by atoms with E-state index >= 15 is 0 Å². The highest BCUT2D eigenvalue weighted by Gasteiger charge is 2.34. The minimum Gasteiger partial charge on any atom is -0.493 e. The summed E-state index contributed by atoms with van der Waals surface area (Å²) in [4.78, 5) is 96.3. The van der Waals surface area contributed by atoms with Gasteiger partial charge in [-0.15, -0.1) is 0 Å². The Hall–Kier alpha value is -7.17. The van der Waals surface area contributed by atoms with Crippen molar-refractivity contribution in [3.63, 3.8) is 0 Å². The molecule has 64 heavy (non-hydrogen) atoms. The molecular weight excluding hydrogens is 829 g/mol. The number of esters is 1. The molecule has 0 radical (unpaired) electrons. The van der Waals surface area contributed by atoms with Crippen LogP contribution in [-0.2, 0) is 35.4 Å². The zero-order valence-electron chi connectivity index (χ0n) is 36.3. The number of carbonyl (C=O) groups excluding carboxylic acids is 7. The Kier molecular flexibility index (Phi) is 17.9. The molecule has 3 aromatic carbocycles. The fraction of sp³-hybridized carbons (Fsp3) is 0.383. The molecule has 5 rings (SSSR count). The van der Waals surface area contributed by atoms with Gasteiger partial charge < -0.3 is 44.2 Å². The van der Waals surface area contributed by atoms with Crippen LogP contribution in [0.2, 0.25) is 0 Å². The lowest BCUT2D eigenvalue weighted by molar-refractivity contribution is -0.171. The molecule has 17 nitrogen and oxygen atoms in total. The average Bonchev–Trinajstić information content (AvgIpc) is 3.81. The summed E-state index contributed by atoms with van der Waals surface area (Å²) in [5, 5.41) is 8.80. The molecule has 340 valence electrons. The molecule has 0 fully saturated rings. The summed E-state index contributed by atoms with van der Waals surface area (Å²) in [7, 11) is 0. The fourth-order valence-corrected chi connectivity index (χ4v) is 6.97. The lowest BCUT2D eigenvalue weighted by Crippen LogP contribution is -2.49. The van der Waals surface area contributed by atoms with Gasteiger partial charge in [0, 0.05) is 12.0 Å². The highest BCUT2D eigenvalue weighted by atomic mass is 16.7. The van der Waals surface area contributed by atoms with Gasteiger partial charge in [-0.05, 0) is 74.7 Å². The molecule has 0 saturated carbocycles. The van der Waals surface area contributed by atoms with Crippen molar-refractivity contribution in [2.24, 2.45) is 5.92 Å². The third kappa shape index (κ3) is 13.2. The first-order valence-electron chi connectivity index (χ1n) is 21.3. The first-order valence-corrected chi connectivity index (χ1v) is 21.3. The molecule has 3 N–H and O–H groups in total. The molecular formula is C47H54N4O13. The number of carbonyl (C=O) groups is 7. The van der Waals surface area contributed by atoms with Gasteiger partial charge in [0.2, 0.25) is 12.3 Å². The van der Waals surface area contributed by atoms with Crippen molar-refractivity contribution in [1.82, 2.24) is 21.0 Å². The summed E-state index contributed by atoms with van der Waals surface area (Å²) in [6.07, 6.45) is 3.12. The minimum absolute atomic E-state index is 0.0354. The van der Waals surface area contributed by atoms with Crippen molar-refractivity contribution in [1.29, 1.82) is 0 Å². The van der Waals surface area contributed by atoms with Gasteiger partial charge in [-0.1, -0.05) is 69.5 Å². The zero-order chi connectivity index (χ0) is 46.0. The predicted molar refractivity (Wildman–Crippen MR) is 231 cm³/mol. The van der Waals surface area contributed by atoms with Crippen molar-refractivity contribution < 1.29 is 61.8 Å². The van der Waals surface area contributed by atoms with Crippen molar-refractivity contribution in [2.75, 3.05) is 26.5 Å². The van der Waals surface area contributed by atoms with Crippen LogP contribution in [0.15, 0.2) is 83.3 Å². The van der Waals surface area contributed by atoms with Gasteiger partial charge in [-0.3, -0.25) is 24.0 Å². The van der Waals surface area contributed by atoms with Gasteiger partial charge in [-0.25, -0.2) is 9.59 Å². The van der Waals surface area contributed by atoms with E-state index < -0.39 is 47.7 Å². The number of ether oxygens (including phenoxy) is 4. The van der Waals surface area contributed by atoms with Crippen LogP contribution in [0, 0.1) is 5.92 Å². The molecule has 0 saturated heterocycles. The molecule has 0 bridgehead atoms. The van der Waals surface area contributed by atoms with E-state index in [0.717, 1.165) is 23.5 Å². The quantitative estimate of drug-likeness (QED) is 0.0244. The van der Waals surface area contributed by atoms with Gasteiger partial charge in [0.1, 0.15) is 43.2 Å². The van der Waals surface area contributed by atoms with Crippen LogP contribution in [0.1, 0.15) is 103 Å². The number of unbranched alkanes of at least 4 members (excludes halogenated alkanes) is 2. The molecule has 0 unspecified atom stereocenters. The van der Waals surface area contributed by atoms with E-state index in [1.54, 1.807) is 62.4 Å². The van der Waals surface area contributed by atoms with Crippen LogP contribution >= 0.6 is 0 Å². The number of hydrogen-bond donors (Lipinski definition) is 3. The smallest absolute Gasteiger partial charge is 0.363 e. The van der Waals surface area contributed by atoms with E-state index in [2.05, 4.69) is 16.0 Å². The van der Waals surface area contributed by atoms with Crippen molar-refractivity contribution in [3.8, 4) is 28.6 Å². The molecule has 4 aromatic rings. The maximum Gasteiger partial charge on any atom is 0.363 e. The Balaban J connectivity index is 1.20. The van der Waals surface area contributed by atoms with Crippen molar-refractivity contribution in [2.45, 2.75) is 84.9 Å². The molecule has 17 heteroatoms. The number of fused-ring (bicyclic) bond motifs is 1. The number of ketones is 1. The topological polar surface area (TPSA) is 218 Å². The van der Waals surface area contributed by atoms with Crippen molar-refractivity contribution >= 4 is 41.9 Å². The largest absolute Gasteiger partial charge is 0.493 e. The lowest BCUT2D eigenvalue weighted by Gasteiger charge is -2.32. The van der Waals surface area contributed by atoms with Crippen LogP contribution in [0.25, 0.3) is 11.3 Å². The average molecular weight is 883 g/mol. The standard InChI is InChI=1S/C47H54N4O13/c1-5-8-10-15-34(37(6-2)51(29-52)64-46(57)33-17-19-39-42(26-33)61-23-22-60-39)43(54)48-28-49-45(56)40-21-20-38(63-40)32-16-18-35(41(25-32)59-7-3)44(55)50-36(24-30(4)53)47(58)62-27-31-13-11-9-12-14-31/h9,11-14,16-21,25-26,29,34,36-37H,5-8,10,15,22-24,27-28H2,1-4H3,(H,48,54)(H,49,56)(H,50,55)/t34-,36+,37-/m1/s1. The number of amides is 4. The second-order valence-electron chi connectivity index (χ2n) is 14.8. The Morgan fingerprint density at radius 3 is 2.31 bits per heavy atom. The van der Waals surface area contributed by atoms with Crippen molar-refractivity contribution in [3.05, 3.63) is 101 Å².